The van der Waals surface area contributed by atoms with Crippen molar-refractivity contribution in [3.8, 4) is 0 Å². The van der Waals surface area contributed by atoms with Crippen LogP contribution < -0.4 is 10.2 Å². The zero-order chi connectivity index (χ0) is 36.3. The summed E-state index contributed by atoms with van der Waals surface area (Å²) in [5, 5.41) is 21.9. The van der Waals surface area contributed by atoms with E-state index in [1.807, 2.05) is 0 Å². The molecule has 0 unspecified atom stereocenters. The summed E-state index contributed by atoms with van der Waals surface area (Å²) in [5.41, 5.74) is 0.159. The fourth-order valence-corrected chi connectivity index (χ4v) is 7.76. The second-order valence-electron chi connectivity index (χ2n) is 13.4. The van der Waals surface area contributed by atoms with E-state index in [2.05, 4.69) is 55.6 Å². The molecule has 2 aromatic carbocycles. The van der Waals surface area contributed by atoms with Crippen LogP contribution in [0.5, 0.6) is 0 Å². The van der Waals surface area contributed by atoms with Crippen LogP contribution in [0.15, 0.2) is 58.3 Å². The highest BCUT2D eigenvalue weighted by Crippen LogP contribution is 2.40. The Morgan fingerprint density at radius 1 is 0.479 bits per heavy atom. The van der Waals surface area contributed by atoms with E-state index in [4.69, 9.17) is 0 Å². The van der Waals surface area contributed by atoms with Gasteiger partial charge in [0.25, 0.3) is 0 Å². The standard InChI is InChI=1S/C14H10O4S2.2C13H30N/c15-13(16)9-5-1-3-7-11(9)19-20-12-8-4-2-6-10(12)14(17)18;2*1-5-8-11-14(4,12-9-6-2)13-10-7-3/h1-8H,(H,15,16)(H,17,18);2*5-13H2,1-4H3/q;2*+1/p-2. The summed E-state index contributed by atoms with van der Waals surface area (Å²) in [6, 6.07) is 12.8. The minimum Gasteiger partial charge on any atom is -0.545 e. The first-order chi connectivity index (χ1) is 23.0. The predicted octanol–water partition coefficient (Wildman–Crippen LogP) is 8.88. The van der Waals surface area contributed by atoms with Gasteiger partial charge in [-0.3, -0.25) is 0 Å². The van der Waals surface area contributed by atoms with Crippen LogP contribution >= 0.6 is 21.6 Å². The van der Waals surface area contributed by atoms with E-state index in [-0.39, 0.29) is 11.1 Å². The van der Waals surface area contributed by atoms with Gasteiger partial charge in [0, 0.05) is 20.9 Å². The van der Waals surface area contributed by atoms with Crippen molar-refractivity contribution < 1.29 is 28.8 Å². The molecule has 0 aromatic heterocycles. The number of hydrogen-bond acceptors (Lipinski definition) is 6. The monoisotopic (exact) mass is 704 g/mol. The highest BCUT2D eigenvalue weighted by atomic mass is 33.1. The molecule has 0 aliphatic heterocycles. The fourth-order valence-electron chi connectivity index (χ4n) is 5.42. The number of hydrogen-bond donors (Lipinski definition) is 0. The molecule has 2 aromatic rings. The maximum absolute atomic E-state index is 11.0. The number of rotatable bonds is 23. The summed E-state index contributed by atoms with van der Waals surface area (Å²) in [5.74, 6) is -2.52. The quantitative estimate of drug-likeness (QED) is 0.0850. The Morgan fingerprint density at radius 3 is 0.917 bits per heavy atom. The van der Waals surface area contributed by atoms with E-state index >= 15 is 0 Å². The van der Waals surface area contributed by atoms with E-state index in [9.17, 15) is 19.8 Å². The lowest BCUT2D eigenvalue weighted by atomic mass is 10.2. The second kappa shape index (κ2) is 27.8. The molecule has 0 radical (unpaired) electrons. The molecule has 8 heteroatoms. The number of benzene rings is 2. The molecule has 6 nitrogen and oxygen atoms in total. The van der Waals surface area contributed by atoms with E-state index in [0.717, 1.165) is 21.6 Å². The summed E-state index contributed by atoms with van der Waals surface area (Å²) in [6.45, 7) is 22.1. The van der Waals surface area contributed by atoms with Crippen molar-refractivity contribution in [3.05, 3.63) is 59.7 Å². The third-order valence-electron chi connectivity index (χ3n) is 8.74. The molecule has 0 amide bonds. The average molecular weight is 705 g/mol. The molecule has 48 heavy (non-hydrogen) atoms. The Hall–Kier alpha value is -2.00. The third kappa shape index (κ3) is 20.5. The summed E-state index contributed by atoms with van der Waals surface area (Å²) in [7, 11) is 7.22. The Morgan fingerprint density at radius 2 is 0.708 bits per heavy atom. The molecular formula is C40H68N2O4S2. The molecule has 0 aliphatic carbocycles. The molecule has 0 heterocycles. The maximum Gasteiger partial charge on any atom is 0.0784 e. The number of nitrogens with zero attached hydrogens (tertiary/aromatic N) is 2. The maximum atomic E-state index is 11.0. The van der Waals surface area contributed by atoms with Crippen LogP contribution in [0.1, 0.15) is 139 Å². The summed E-state index contributed by atoms with van der Waals surface area (Å²) >= 11 is 0. The normalized spacial score (nSPS) is 11.2. The number of carboxylic acid groups (broad SMARTS) is 2. The molecule has 0 spiro atoms. The minimum absolute atomic E-state index is 0.0796. The van der Waals surface area contributed by atoms with Crippen molar-refractivity contribution in [3.63, 3.8) is 0 Å². The molecule has 0 aliphatic rings. The van der Waals surface area contributed by atoms with Gasteiger partial charge in [0.05, 0.1) is 65.3 Å². The van der Waals surface area contributed by atoms with Gasteiger partial charge in [0.2, 0.25) is 0 Å². The molecule has 274 valence electrons. The smallest absolute Gasteiger partial charge is 0.0784 e. The van der Waals surface area contributed by atoms with Crippen LogP contribution in [-0.2, 0) is 0 Å². The Labute approximate surface area is 302 Å². The van der Waals surface area contributed by atoms with Crippen LogP contribution in [0.2, 0.25) is 0 Å². The number of carbonyl (C=O) groups excluding carboxylic acids is 2. The number of unbranched alkanes of at least 4 members (excludes halogenated alkanes) is 6. The highest BCUT2D eigenvalue weighted by Gasteiger charge is 2.20. The van der Waals surface area contributed by atoms with Gasteiger partial charge in [0.15, 0.2) is 0 Å². The van der Waals surface area contributed by atoms with Crippen LogP contribution in [0, 0.1) is 0 Å². The molecule has 0 fully saturated rings. The number of carbonyl (C=O) groups is 2. The topological polar surface area (TPSA) is 80.3 Å². The largest absolute Gasteiger partial charge is 0.545 e. The Bertz CT molecular complexity index is 997. The molecule has 0 bridgehead atoms. The van der Waals surface area contributed by atoms with Gasteiger partial charge in [-0.25, -0.2) is 0 Å². The minimum atomic E-state index is -1.26. The summed E-state index contributed by atoms with van der Waals surface area (Å²) < 4.78 is 2.63. The Kier molecular flexibility index (Phi) is 26.6. The van der Waals surface area contributed by atoms with Crippen molar-refractivity contribution in [2.75, 3.05) is 53.4 Å². The summed E-state index contributed by atoms with van der Waals surface area (Å²) in [6.07, 6.45) is 16.4. The van der Waals surface area contributed by atoms with Gasteiger partial charge in [-0.2, -0.15) is 0 Å². The van der Waals surface area contributed by atoms with Gasteiger partial charge in [0.1, 0.15) is 0 Å². The van der Waals surface area contributed by atoms with Gasteiger partial charge in [-0.15, -0.1) is 0 Å². The number of carboxylic acids is 2. The fraction of sp³-hybridized carbons (Fsp3) is 0.650. The number of quaternary nitrogens is 2. The lowest BCUT2D eigenvalue weighted by Crippen LogP contribution is -2.46. The zero-order valence-corrected chi connectivity index (χ0v) is 33.3. The van der Waals surface area contributed by atoms with Crippen LogP contribution in [-0.4, -0.2) is 74.3 Å². The molecular weight excluding hydrogens is 637 g/mol. The van der Waals surface area contributed by atoms with Crippen molar-refractivity contribution in [2.24, 2.45) is 0 Å². The van der Waals surface area contributed by atoms with E-state index in [1.165, 1.54) is 137 Å². The van der Waals surface area contributed by atoms with Gasteiger partial charge in [-0.05, 0) is 50.7 Å². The average Bonchev–Trinajstić information content (AvgIpc) is 3.09. The van der Waals surface area contributed by atoms with Crippen LogP contribution in [0.25, 0.3) is 0 Å². The van der Waals surface area contributed by atoms with Gasteiger partial charge < -0.3 is 28.8 Å². The van der Waals surface area contributed by atoms with Gasteiger partial charge >= 0.3 is 0 Å². The summed E-state index contributed by atoms with van der Waals surface area (Å²) in [4.78, 5) is 23.0. The van der Waals surface area contributed by atoms with Crippen molar-refractivity contribution >= 4 is 33.5 Å². The molecule has 0 saturated heterocycles. The number of aromatic carboxylic acids is 2. The zero-order valence-electron chi connectivity index (χ0n) is 31.7. The molecule has 0 N–H and O–H groups in total. The first kappa shape index (κ1) is 46.0. The molecule has 0 atom stereocenters. The van der Waals surface area contributed by atoms with Crippen molar-refractivity contribution in [1.82, 2.24) is 0 Å². The SMILES string of the molecule is CCCC[N+](C)(CCCC)CCCC.CCCC[N+](C)(CCCC)CCCC.O=C([O-])c1ccccc1SSc1ccccc1C(=O)[O-]. The Balaban J connectivity index is 0.000000712. The lowest BCUT2D eigenvalue weighted by molar-refractivity contribution is -0.910. The van der Waals surface area contributed by atoms with Crippen LogP contribution in [0.4, 0.5) is 0 Å². The molecule has 0 saturated carbocycles. The van der Waals surface area contributed by atoms with E-state index < -0.39 is 11.9 Å². The first-order valence-corrected chi connectivity index (χ1v) is 20.7. The first-order valence-electron chi connectivity index (χ1n) is 18.6. The van der Waals surface area contributed by atoms with E-state index in [1.54, 1.807) is 36.4 Å². The third-order valence-corrected chi connectivity index (χ3v) is 11.2. The lowest BCUT2D eigenvalue weighted by Gasteiger charge is -2.34. The van der Waals surface area contributed by atoms with Crippen molar-refractivity contribution in [2.45, 2.75) is 128 Å². The predicted molar refractivity (Wildman–Crippen MR) is 204 cm³/mol. The second-order valence-corrected chi connectivity index (χ2v) is 15.6. The van der Waals surface area contributed by atoms with Gasteiger partial charge in [-0.1, -0.05) is 138 Å². The van der Waals surface area contributed by atoms with E-state index in [0.29, 0.717) is 9.79 Å². The van der Waals surface area contributed by atoms with Crippen LogP contribution in [0.3, 0.4) is 0 Å². The highest BCUT2D eigenvalue weighted by molar-refractivity contribution is 8.76. The van der Waals surface area contributed by atoms with Crippen molar-refractivity contribution in [1.29, 1.82) is 0 Å². The molecule has 2 rings (SSSR count).